The molecule has 10 heteroatoms. The summed E-state index contributed by atoms with van der Waals surface area (Å²) < 4.78 is 6.80. The molecule has 4 aromatic rings. The first kappa shape index (κ1) is 23.7. The number of thiophene rings is 1. The van der Waals surface area contributed by atoms with E-state index in [1.54, 1.807) is 36.4 Å². The fraction of sp³-hybridized carbons (Fsp3) is 0.0417. The lowest BCUT2D eigenvalue weighted by molar-refractivity contribution is 0.0954. The Kier molecular flexibility index (Phi) is 7.16. The Bertz CT molecular complexity index is 1420. The highest BCUT2D eigenvalue weighted by molar-refractivity contribution is 9.10. The molecule has 1 heterocycles. The molecule has 0 aliphatic carbocycles. The van der Waals surface area contributed by atoms with Crippen LogP contribution in [-0.4, -0.2) is 30.2 Å². The lowest BCUT2D eigenvalue weighted by Gasteiger charge is -2.06. The number of carbonyl (C=O) groups excluding carboxylic acids is 2. The first-order valence-corrected chi connectivity index (χ1v) is 11.8. The molecule has 0 aliphatic rings. The van der Waals surface area contributed by atoms with Crippen LogP contribution < -0.4 is 15.5 Å². The molecule has 172 valence electrons. The summed E-state index contributed by atoms with van der Waals surface area (Å²) in [5.41, 5.74) is 3.89. The number of phenolic OH excluding ortho intramolecular Hbond substituents is 1. The van der Waals surface area contributed by atoms with Crippen molar-refractivity contribution in [2.24, 2.45) is 5.10 Å². The number of hydrogen-bond donors (Lipinski definition) is 3. The quantitative estimate of drug-likeness (QED) is 0.198. The molecule has 0 fully saturated rings. The molecule has 34 heavy (non-hydrogen) atoms. The minimum atomic E-state index is -0.426. The van der Waals surface area contributed by atoms with Crippen molar-refractivity contribution >= 4 is 72.7 Å². The monoisotopic (exact) mass is 557 g/mol. The van der Waals surface area contributed by atoms with Gasteiger partial charge >= 0.3 is 0 Å². The molecule has 0 saturated carbocycles. The van der Waals surface area contributed by atoms with Gasteiger partial charge in [-0.1, -0.05) is 33.6 Å². The van der Waals surface area contributed by atoms with Crippen molar-refractivity contribution < 1.29 is 19.4 Å². The van der Waals surface area contributed by atoms with Crippen LogP contribution in [0.5, 0.6) is 11.5 Å². The minimum Gasteiger partial charge on any atom is -0.504 e. The maximum Gasteiger partial charge on any atom is 0.271 e. The average Bonchev–Trinajstić information content (AvgIpc) is 3.15. The number of anilines is 1. The van der Waals surface area contributed by atoms with E-state index < -0.39 is 5.91 Å². The van der Waals surface area contributed by atoms with Crippen LogP contribution in [-0.2, 0) is 0 Å². The number of ether oxygens (including phenoxy) is 1. The normalized spacial score (nSPS) is 11.0. The summed E-state index contributed by atoms with van der Waals surface area (Å²) in [7, 11) is 1.46. The van der Waals surface area contributed by atoms with Gasteiger partial charge in [0, 0.05) is 25.8 Å². The van der Waals surface area contributed by atoms with Crippen molar-refractivity contribution in [1.82, 2.24) is 5.43 Å². The van der Waals surface area contributed by atoms with Crippen molar-refractivity contribution in [2.75, 3.05) is 12.4 Å². The lowest BCUT2D eigenvalue weighted by Crippen LogP contribution is -2.17. The van der Waals surface area contributed by atoms with Crippen LogP contribution in [0.25, 0.3) is 10.1 Å². The van der Waals surface area contributed by atoms with Crippen molar-refractivity contribution in [1.29, 1.82) is 0 Å². The second-order valence-corrected chi connectivity index (χ2v) is 9.39. The number of rotatable bonds is 6. The van der Waals surface area contributed by atoms with Gasteiger partial charge in [-0.2, -0.15) is 5.10 Å². The van der Waals surface area contributed by atoms with Crippen molar-refractivity contribution in [3.05, 3.63) is 86.2 Å². The molecule has 0 radical (unpaired) electrons. The SMILES string of the molecule is COc1ccc(/C=N\NC(=O)c2ccc(NC(=O)c3sc4cc(Br)ccc4c3Cl)cc2)cc1O. The summed E-state index contributed by atoms with van der Waals surface area (Å²) in [6.07, 6.45) is 1.40. The summed E-state index contributed by atoms with van der Waals surface area (Å²) >= 11 is 11.1. The maximum absolute atomic E-state index is 12.7. The van der Waals surface area contributed by atoms with Crippen LogP contribution in [0, 0.1) is 0 Å². The highest BCUT2D eigenvalue weighted by Gasteiger charge is 2.17. The topological polar surface area (TPSA) is 100 Å². The molecule has 3 aromatic carbocycles. The highest BCUT2D eigenvalue weighted by atomic mass is 79.9. The third kappa shape index (κ3) is 5.22. The van der Waals surface area contributed by atoms with E-state index in [1.165, 1.54) is 30.7 Å². The van der Waals surface area contributed by atoms with Crippen LogP contribution in [0.2, 0.25) is 5.02 Å². The highest BCUT2D eigenvalue weighted by Crippen LogP contribution is 2.37. The zero-order valence-corrected chi connectivity index (χ0v) is 20.8. The number of fused-ring (bicyclic) bond motifs is 1. The van der Waals surface area contributed by atoms with Crippen LogP contribution in [0.15, 0.2) is 70.2 Å². The number of halogens is 2. The number of amides is 2. The molecule has 0 bridgehead atoms. The molecule has 4 rings (SSSR count). The second-order valence-electron chi connectivity index (χ2n) is 7.05. The average molecular weight is 559 g/mol. The van der Waals surface area contributed by atoms with Gasteiger partial charge in [0.2, 0.25) is 0 Å². The molecule has 0 spiro atoms. The number of nitrogens with one attached hydrogen (secondary N) is 2. The van der Waals surface area contributed by atoms with E-state index in [-0.39, 0.29) is 11.7 Å². The van der Waals surface area contributed by atoms with E-state index in [4.69, 9.17) is 16.3 Å². The molecular weight excluding hydrogens is 542 g/mol. The number of benzene rings is 3. The number of phenols is 1. The van der Waals surface area contributed by atoms with Crippen molar-refractivity contribution in [3.8, 4) is 11.5 Å². The molecule has 0 unspecified atom stereocenters. The summed E-state index contributed by atoms with van der Waals surface area (Å²) in [5, 5.41) is 17.7. The zero-order valence-electron chi connectivity index (χ0n) is 17.6. The van der Waals surface area contributed by atoms with Gasteiger partial charge in [0.05, 0.1) is 18.3 Å². The number of carbonyl (C=O) groups is 2. The van der Waals surface area contributed by atoms with Crippen molar-refractivity contribution in [3.63, 3.8) is 0 Å². The smallest absolute Gasteiger partial charge is 0.271 e. The molecule has 1 aromatic heterocycles. The number of methoxy groups -OCH3 is 1. The molecule has 2 amide bonds. The fourth-order valence-corrected chi connectivity index (χ4v) is 5.06. The Balaban J connectivity index is 1.39. The van der Waals surface area contributed by atoms with E-state index in [1.807, 2.05) is 18.2 Å². The van der Waals surface area contributed by atoms with Gasteiger partial charge in [0.1, 0.15) is 4.88 Å². The van der Waals surface area contributed by atoms with E-state index in [0.717, 1.165) is 14.6 Å². The number of nitrogens with zero attached hydrogens (tertiary/aromatic N) is 1. The van der Waals surface area contributed by atoms with Crippen LogP contribution in [0.4, 0.5) is 5.69 Å². The summed E-state index contributed by atoms with van der Waals surface area (Å²) in [6, 6.07) is 16.8. The summed E-state index contributed by atoms with van der Waals surface area (Å²) in [6.45, 7) is 0. The number of aromatic hydroxyl groups is 1. The van der Waals surface area contributed by atoms with Gasteiger partial charge in [-0.3, -0.25) is 9.59 Å². The van der Waals surface area contributed by atoms with Crippen LogP contribution >= 0.6 is 38.9 Å². The first-order valence-electron chi connectivity index (χ1n) is 9.85. The van der Waals surface area contributed by atoms with Gasteiger partial charge in [-0.25, -0.2) is 5.43 Å². The third-order valence-electron chi connectivity index (χ3n) is 4.79. The lowest BCUT2D eigenvalue weighted by atomic mass is 10.2. The largest absolute Gasteiger partial charge is 0.504 e. The fourth-order valence-electron chi connectivity index (χ4n) is 3.10. The molecule has 7 nitrogen and oxygen atoms in total. The van der Waals surface area contributed by atoms with E-state index in [0.29, 0.717) is 32.5 Å². The minimum absolute atomic E-state index is 0.0276. The molecule has 0 saturated heterocycles. The second kappa shape index (κ2) is 10.3. The summed E-state index contributed by atoms with van der Waals surface area (Å²) in [5.74, 6) is -0.437. The van der Waals surface area contributed by atoms with Gasteiger partial charge in [-0.15, -0.1) is 11.3 Å². The summed E-state index contributed by atoms with van der Waals surface area (Å²) in [4.78, 5) is 25.5. The predicted molar refractivity (Wildman–Crippen MR) is 139 cm³/mol. The Morgan fingerprint density at radius 2 is 1.85 bits per heavy atom. The Morgan fingerprint density at radius 1 is 1.09 bits per heavy atom. The van der Waals surface area contributed by atoms with Crippen LogP contribution in [0.1, 0.15) is 25.6 Å². The molecule has 0 aliphatic heterocycles. The predicted octanol–water partition coefficient (Wildman–Crippen LogP) is 6.05. The van der Waals surface area contributed by atoms with E-state index >= 15 is 0 Å². The van der Waals surface area contributed by atoms with Gasteiger partial charge in [-0.05, 0) is 60.2 Å². The van der Waals surface area contributed by atoms with Gasteiger partial charge in [0.15, 0.2) is 11.5 Å². The number of hydrazone groups is 1. The van der Waals surface area contributed by atoms with Crippen LogP contribution in [0.3, 0.4) is 0 Å². The van der Waals surface area contributed by atoms with E-state index in [2.05, 4.69) is 31.8 Å². The molecule has 0 atom stereocenters. The first-order chi connectivity index (χ1) is 16.4. The van der Waals surface area contributed by atoms with Gasteiger partial charge < -0.3 is 15.2 Å². The van der Waals surface area contributed by atoms with Gasteiger partial charge in [0.25, 0.3) is 11.8 Å². The maximum atomic E-state index is 12.7. The Hall–Kier alpha value is -3.40. The standard InChI is InChI=1S/C24H17BrClN3O4S/c1-33-19-9-2-13(10-18(19)30)12-27-29-23(31)14-3-6-16(7-4-14)28-24(32)22-21(26)17-8-5-15(25)11-20(17)34-22/h2-12,30H,1H3,(H,28,32)(H,29,31)/b27-12-. The Labute approximate surface area is 212 Å². The van der Waals surface area contributed by atoms with E-state index in [9.17, 15) is 14.7 Å². The zero-order chi connectivity index (χ0) is 24.2. The number of hydrogen-bond acceptors (Lipinski definition) is 6. The molecule has 3 N–H and O–H groups in total. The van der Waals surface area contributed by atoms with Crippen molar-refractivity contribution in [2.45, 2.75) is 0 Å². The third-order valence-corrected chi connectivity index (χ3v) is 6.93. The molecular formula is C24H17BrClN3O4S. The Morgan fingerprint density at radius 3 is 2.56 bits per heavy atom.